The first kappa shape index (κ1) is 23.4. The summed E-state index contributed by atoms with van der Waals surface area (Å²) in [5, 5.41) is 3.22. The van der Waals surface area contributed by atoms with Crippen LogP contribution in [0.25, 0.3) is 0 Å². The van der Waals surface area contributed by atoms with Crippen molar-refractivity contribution in [2.45, 2.75) is 11.8 Å². The van der Waals surface area contributed by atoms with Gasteiger partial charge in [-0.05, 0) is 55.5 Å². The van der Waals surface area contributed by atoms with Gasteiger partial charge < -0.3 is 14.8 Å². The van der Waals surface area contributed by atoms with Crippen LogP contribution in [0.1, 0.15) is 5.56 Å². The fourth-order valence-electron chi connectivity index (χ4n) is 2.99. The van der Waals surface area contributed by atoms with Crippen LogP contribution in [0.5, 0.6) is 11.5 Å². The zero-order valence-electron chi connectivity index (χ0n) is 17.8. The number of hydrogen-bond acceptors (Lipinski definition) is 5. The normalized spacial score (nSPS) is 11.0. The van der Waals surface area contributed by atoms with Gasteiger partial charge in [0.2, 0.25) is 5.91 Å². The molecule has 1 N–H and O–H groups in total. The number of methoxy groups -OCH3 is 2. The van der Waals surface area contributed by atoms with E-state index in [2.05, 4.69) is 5.32 Å². The maximum atomic E-state index is 13.5. The summed E-state index contributed by atoms with van der Waals surface area (Å²) < 4.78 is 38.7. The molecular weight excluding hydrogens is 452 g/mol. The molecule has 1 amide bonds. The van der Waals surface area contributed by atoms with Crippen LogP contribution >= 0.6 is 11.6 Å². The molecule has 0 saturated heterocycles. The SMILES string of the molecule is COc1ccc(N(CC(=O)Nc2ccc(Cl)cc2)S(=O)(=O)c2ccc(C)cc2)c(OC)c1. The van der Waals surface area contributed by atoms with Crippen LogP contribution in [-0.4, -0.2) is 35.1 Å². The maximum Gasteiger partial charge on any atom is 0.264 e. The largest absolute Gasteiger partial charge is 0.497 e. The number of amides is 1. The van der Waals surface area contributed by atoms with Gasteiger partial charge in [0.25, 0.3) is 10.0 Å². The van der Waals surface area contributed by atoms with Crippen molar-refractivity contribution >= 4 is 38.9 Å². The second kappa shape index (κ2) is 9.93. The first-order chi connectivity index (χ1) is 15.2. The number of hydrogen-bond donors (Lipinski definition) is 1. The van der Waals surface area contributed by atoms with Gasteiger partial charge in [0, 0.05) is 16.8 Å². The molecule has 7 nitrogen and oxygen atoms in total. The van der Waals surface area contributed by atoms with Crippen LogP contribution in [0, 0.1) is 6.92 Å². The summed E-state index contributed by atoms with van der Waals surface area (Å²) in [6.45, 7) is 1.39. The number of anilines is 2. The van der Waals surface area contributed by atoms with Gasteiger partial charge in [-0.2, -0.15) is 0 Å². The Labute approximate surface area is 192 Å². The Morgan fingerprint density at radius 2 is 1.62 bits per heavy atom. The zero-order chi connectivity index (χ0) is 23.3. The average molecular weight is 475 g/mol. The summed E-state index contributed by atoms with van der Waals surface area (Å²) in [6.07, 6.45) is 0. The smallest absolute Gasteiger partial charge is 0.264 e. The molecule has 9 heteroatoms. The highest BCUT2D eigenvalue weighted by atomic mass is 35.5. The third-order valence-corrected chi connectivity index (χ3v) is 6.71. The van der Waals surface area contributed by atoms with Crippen molar-refractivity contribution in [1.29, 1.82) is 0 Å². The van der Waals surface area contributed by atoms with Crippen LogP contribution in [0.3, 0.4) is 0 Å². The number of rotatable bonds is 8. The molecule has 32 heavy (non-hydrogen) atoms. The predicted octanol–water partition coefficient (Wildman–Crippen LogP) is 4.50. The van der Waals surface area contributed by atoms with Gasteiger partial charge in [0.05, 0.1) is 24.8 Å². The number of carbonyl (C=O) groups is 1. The van der Waals surface area contributed by atoms with Crippen LogP contribution in [0.4, 0.5) is 11.4 Å². The molecule has 0 aliphatic heterocycles. The van der Waals surface area contributed by atoms with Gasteiger partial charge >= 0.3 is 0 Å². The molecule has 0 heterocycles. The fraction of sp³-hybridized carbons (Fsp3) is 0.174. The number of nitrogens with one attached hydrogen (secondary N) is 1. The summed E-state index contributed by atoms with van der Waals surface area (Å²) in [4.78, 5) is 12.9. The van der Waals surface area contributed by atoms with E-state index in [4.69, 9.17) is 21.1 Å². The molecule has 0 fully saturated rings. The van der Waals surface area contributed by atoms with E-state index in [-0.39, 0.29) is 16.3 Å². The van der Waals surface area contributed by atoms with E-state index in [1.165, 1.54) is 26.4 Å². The maximum absolute atomic E-state index is 13.5. The molecule has 0 saturated carbocycles. The molecule has 3 aromatic carbocycles. The van der Waals surface area contributed by atoms with Crippen molar-refractivity contribution < 1.29 is 22.7 Å². The second-order valence-corrected chi connectivity index (χ2v) is 9.22. The van der Waals surface area contributed by atoms with Gasteiger partial charge in [-0.3, -0.25) is 9.10 Å². The van der Waals surface area contributed by atoms with Gasteiger partial charge in [0.15, 0.2) is 0 Å². The molecule has 0 aliphatic carbocycles. The van der Waals surface area contributed by atoms with E-state index in [1.54, 1.807) is 54.6 Å². The van der Waals surface area contributed by atoms with E-state index in [0.29, 0.717) is 16.5 Å². The lowest BCUT2D eigenvalue weighted by atomic mass is 10.2. The Balaban J connectivity index is 2.02. The summed E-state index contributed by atoms with van der Waals surface area (Å²) >= 11 is 5.89. The topological polar surface area (TPSA) is 84.9 Å². The Bertz CT molecular complexity index is 1200. The highest BCUT2D eigenvalue weighted by molar-refractivity contribution is 7.92. The average Bonchev–Trinajstić information content (AvgIpc) is 2.79. The minimum atomic E-state index is -4.09. The van der Waals surface area contributed by atoms with Gasteiger partial charge in [-0.15, -0.1) is 0 Å². The van der Waals surface area contributed by atoms with E-state index >= 15 is 0 Å². The number of ether oxygens (including phenoxy) is 2. The molecular formula is C23H23ClN2O5S. The van der Waals surface area contributed by atoms with E-state index in [1.807, 2.05) is 6.92 Å². The molecule has 0 aromatic heterocycles. The number of sulfonamides is 1. The standard InChI is InChI=1S/C23H23ClN2O5S/c1-16-4-11-20(12-5-16)32(28,29)26(21-13-10-19(30-2)14-22(21)31-3)15-23(27)25-18-8-6-17(24)7-9-18/h4-14H,15H2,1-3H3,(H,25,27). The lowest BCUT2D eigenvalue weighted by Gasteiger charge is -2.26. The molecule has 0 radical (unpaired) electrons. The number of aryl methyl sites for hydroxylation is 1. The molecule has 3 aromatic rings. The predicted molar refractivity (Wildman–Crippen MR) is 125 cm³/mol. The van der Waals surface area contributed by atoms with Crippen molar-refractivity contribution in [1.82, 2.24) is 0 Å². The lowest BCUT2D eigenvalue weighted by Crippen LogP contribution is -2.38. The molecule has 168 valence electrons. The Morgan fingerprint density at radius 1 is 0.969 bits per heavy atom. The highest BCUT2D eigenvalue weighted by Crippen LogP contribution is 2.35. The molecule has 0 spiro atoms. The molecule has 3 rings (SSSR count). The van der Waals surface area contributed by atoms with Crippen molar-refractivity contribution in [2.24, 2.45) is 0 Å². The summed E-state index contributed by atoms with van der Waals surface area (Å²) in [5.74, 6) is 0.212. The van der Waals surface area contributed by atoms with E-state index < -0.39 is 22.5 Å². The Hall–Kier alpha value is -3.23. The first-order valence-electron chi connectivity index (χ1n) is 9.61. The van der Waals surface area contributed by atoms with Crippen molar-refractivity contribution in [3.8, 4) is 11.5 Å². The summed E-state index contributed by atoms with van der Waals surface area (Å²) in [7, 11) is -1.17. The minimum Gasteiger partial charge on any atom is -0.497 e. The number of benzene rings is 3. The number of carbonyl (C=O) groups excluding carboxylic acids is 1. The first-order valence-corrected chi connectivity index (χ1v) is 11.4. The lowest BCUT2D eigenvalue weighted by molar-refractivity contribution is -0.114. The van der Waals surface area contributed by atoms with Crippen LogP contribution < -0.4 is 19.1 Å². The summed E-state index contributed by atoms with van der Waals surface area (Å²) in [5.41, 5.74) is 1.62. The van der Waals surface area contributed by atoms with Gasteiger partial charge in [-0.25, -0.2) is 8.42 Å². The number of halogens is 1. The minimum absolute atomic E-state index is 0.0558. The third-order valence-electron chi connectivity index (χ3n) is 4.68. The fourth-order valence-corrected chi connectivity index (χ4v) is 4.55. The van der Waals surface area contributed by atoms with Gasteiger partial charge in [-0.1, -0.05) is 29.3 Å². The highest BCUT2D eigenvalue weighted by Gasteiger charge is 2.29. The Kier molecular flexibility index (Phi) is 7.27. The third kappa shape index (κ3) is 5.33. The summed E-state index contributed by atoms with van der Waals surface area (Å²) in [6, 6.07) is 17.6. The van der Waals surface area contributed by atoms with E-state index in [0.717, 1.165) is 9.87 Å². The van der Waals surface area contributed by atoms with E-state index in [9.17, 15) is 13.2 Å². The molecule has 0 bridgehead atoms. The van der Waals surface area contributed by atoms with Crippen LogP contribution in [0.2, 0.25) is 5.02 Å². The molecule has 0 atom stereocenters. The molecule has 0 aliphatic rings. The number of nitrogens with zero attached hydrogens (tertiary/aromatic N) is 1. The van der Waals surface area contributed by atoms with Crippen LogP contribution in [0.15, 0.2) is 71.6 Å². The Morgan fingerprint density at radius 3 is 2.22 bits per heavy atom. The second-order valence-electron chi connectivity index (χ2n) is 6.92. The van der Waals surface area contributed by atoms with Gasteiger partial charge in [0.1, 0.15) is 18.0 Å². The van der Waals surface area contributed by atoms with Crippen molar-refractivity contribution in [2.75, 3.05) is 30.4 Å². The molecule has 0 unspecified atom stereocenters. The van der Waals surface area contributed by atoms with Crippen molar-refractivity contribution in [3.05, 3.63) is 77.3 Å². The van der Waals surface area contributed by atoms with Crippen LogP contribution in [-0.2, 0) is 14.8 Å². The quantitative estimate of drug-likeness (QED) is 0.519. The monoisotopic (exact) mass is 474 g/mol. The van der Waals surface area contributed by atoms with Crippen molar-refractivity contribution in [3.63, 3.8) is 0 Å². The zero-order valence-corrected chi connectivity index (χ0v) is 19.4.